The van der Waals surface area contributed by atoms with E-state index in [1.807, 2.05) is 28.8 Å². The topological polar surface area (TPSA) is 38.0 Å². The smallest absolute Gasteiger partial charge is 0.126 e. The Labute approximate surface area is 120 Å². The quantitative estimate of drug-likeness (QED) is 0.801. The Bertz CT molecular complexity index is 750. The first-order valence-electron chi connectivity index (χ1n) is 6.65. The fourth-order valence-corrected chi connectivity index (χ4v) is 2.45. The third kappa shape index (κ3) is 3.08. The largest absolute Gasteiger partial charge is 0.391 e. The van der Waals surface area contributed by atoms with Crippen molar-refractivity contribution < 1.29 is 13.9 Å². The molecule has 5 heteroatoms. The molecule has 0 saturated carbocycles. The highest BCUT2D eigenvalue weighted by molar-refractivity contribution is 5.74. The van der Waals surface area contributed by atoms with Crippen molar-refractivity contribution >= 4 is 11.0 Å². The number of halogens is 2. The van der Waals surface area contributed by atoms with E-state index >= 15 is 0 Å². The van der Waals surface area contributed by atoms with Gasteiger partial charge in [0.1, 0.15) is 11.6 Å². The number of aromatic nitrogens is 2. The molecule has 0 radical (unpaired) electrons. The lowest BCUT2D eigenvalue weighted by Crippen LogP contribution is -2.18. The fourth-order valence-electron chi connectivity index (χ4n) is 2.45. The molecular formula is C16H14F2N2O. The predicted molar refractivity (Wildman–Crippen MR) is 75.8 cm³/mol. The number of aliphatic hydroxyl groups is 1. The maximum absolute atomic E-state index is 13.1. The van der Waals surface area contributed by atoms with Gasteiger partial charge in [-0.2, -0.15) is 0 Å². The molecule has 0 aliphatic rings. The van der Waals surface area contributed by atoms with Crippen molar-refractivity contribution in [3.05, 3.63) is 66.0 Å². The number of hydrogen-bond acceptors (Lipinski definition) is 2. The van der Waals surface area contributed by atoms with Crippen LogP contribution in [0.3, 0.4) is 0 Å². The second-order valence-corrected chi connectivity index (χ2v) is 5.02. The maximum Gasteiger partial charge on any atom is 0.126 e. The van der Waals surface area contributed by atoms with Crippen LogP contribution >= 0.6 is 0 Å². The maximum atomic E-state index is 13.1. The number of nitrogens with zero attached hydrogens (tertiary/aromatic N) is 2. The van der Waals surface area contributed by atoms with Gasteiger partial charge in [0.2, 0.25) is 0 Å². The van der Waals surface area contributed by atoms with Crippen molar-refractivity contribution in [2.45, 2.75) is 19.1 Å². The fraction of sp³-hybridized carbons (Fsp3) is 0.188. The van der Waals surface area contributed by atoms with Crippen LogP contribution in [0.25, 0.3) is 11.0 Å². The Balaban J connectivity index is 1.75. The zero-order valence-corrected chi connectivity index (χ0v) is 11.2. The van der Waals surface area contributed by atoms with Gasteiger partial charge in [0, 0.05) is 12.5 Å². The minimum atomic E-state index is -0.746. The Kier molecular flexibility index (Phi) is 3.66. The standard InChI is InChI=1S/C16H14F2N2O/c17-12-5-11(6-13(18)8-12)7-14(21)9-20-10-19-15-3-1-2-4-16(15)20/h1-6,8,10,14,21H,7,9H2. The highest BCUT2D eigenvalue weighted by atomic mass is 19.1. The lowest BCUT2D eigenvalue weighted by molar-refractivity contribution is 0.155. The van der Waals surface area contributed by atoms with Crippen LogP contribution in [0, 0.1) is 11.6 Å². The van der Waals surface area contributed by atoms with Gasteiger partial charge in [0.05, 0.1) is 30.0 Å². The number of aliphatic hydroxyl groups excluding tert-OH is 1. The zero-order chi connectivity index (χ0) is 14.8. The first-order chi connectivity index (χ1) is 10.1. The molecule has 21 heavy (non-hydrogen) atoms. The van der Waals surface area contributed by atoms with Crippen LogP contribution in [-0.2, 0) is 13.0 Å². The van der Waals surface area contributed by atoms with Gasteiger partial charge in [-0.1, -0.05) is 12.1 Å². The second kappa shape index (κ2) is 5.61. The number of benzene rings is 2. The van der Waals surface area contributed by atoms with Crippen molar-refractivity contribution in [2.24, 2.45) is 0 Å². The van der Waals surface area contributed by atoms with E-state index in [4.69, 9.17) is 0 Å². The van der Waals surface area contributed by atoms with Crippen LogP contribution in [0.1, 0.15) is 5.56 Å². The molecule has 0 bridgehead atoms. The molecule has 0 fully saturated rings. The molecule has 0 amide bonds. The Morgan fingerprint density at radius 1 is 1.10 bits per heavy atom. The summed E-state index contributed by atoms with van der Waals surface area (Å²) in [5, 5.41) is 10.1. The lowest BCUT2D eigenvalue weighted by atomic mass is 10.1. The summed E-state index contributed by atoms with van der Waals surface area (Å²) < 4.78 is 28.1. The summed E-state index contributed by atoms with van der Waals surface area (Å²) in [6, 6.07) is 10.9. The van der Waals surface area contributed by atoms with Crippen LogP contribution in [0.15, 0.2) is 48.8 Å². The van der Waals surface area contributed by atoms with Gasteiger partial charge in [-0.3, -0.25) is 0 Å². The summed E-state index contributed by atoms with van der Waals surface area (Å²) in [5.41, 5.74) is 2.20. The first-order valence-corrected chi connectivity index (χ1v) is 6.65. The van der Waals surface area contributed by atoms with Gasteiger partial charge < -0.3 is 9.67 Å². The molecule has 108 valence electrons. The summed E-state index contributed by atoms with van der Waals surface area (Å²) in [6.45, 7) is 0.318. The monoisotopic (exact) mass is 288 g/mol. The molecule has 3 aromatic rings. The molecule has 3 rings (SSSR count). The van der Waals surface area contributed by atoms with E-state index in [0.29, 0.717) is 12.1 Å². The number of rotatable bonds is 4. The zero-order valence-electron chi connectivity index (χ0n) is 11.2. The SMILES string of the molecule is OC(Cc1cc(F)cc(F)c1)Cn1cnc2ccccc21. The van der Waals surface area contributed by atoms with Crippen LogP contribution in [0.4, 0.5) is 8.78 Å². The number of hydrogen-bond donors (Lipinski definition) is 1. The first kappa shape index (κ1) is 13.7. The van der Waals surface area contributed by atoms with Gasteiger partial charge in [0.15, 0.2) is 0 Å². The van der Waals surface area contributed by atoms with Gasteiger partial charge >= 0.3 is 0 Å². The summed E-state index contributed by atoms with van der Waals surface area (Å²) in [5.74, 6) is -1.27. The molecule has 1 atom stereocenters. The van der Waals surface area contributed by atoms with E-state index in [1.54, 1.807) is 6.33 Å². The molecule has 3 nitrogen and oxygen atoms in total. The Morgan fingerprint density at radius 3 is 2.57 bits per heavy atom. The van der Waals surface area contributed by atoms with Crippen molar-refractivity contribution in [1.29, 1.82) is 0 Å². The Morgan fingerprint density at radius 2 is 1.81 bits per heavy atom. The van der Waals surface area contributed by atoms with Crippen molar-refractivity contribution in [2.75, 3.05) is 0 Å². The Hall–Kier alpha value is -2.27. The van der Waals surface area contributed by atoms with E-state index in [2.05, 4.69) is 4.98 Å². The molecule has 1 heterocycles. The van der Waals surface area contributed by atoms with Gasteiger partial charge in [-0.25, -0.2) is 13.8 Å². The summed E-state index contributed by atoms with van der Waals surface area (Å²) in [6.07, 6.45) is 1.09. The van der Waals surface area contributed by atoms with Crippen molar-refractivity contribution in [3.8, 4) is 0 Å². The minimum Gasteiger partial charge on any atom is -0.391 e. The van der Waals surface area contributed by atoms with Crippen molar-refractivity contribution in [3.63, 3.8) is 0 Å². The molecule has 0 spiro atoms. The van der Waals surface area contributed by atoms with Gasteiger partial charge in [-0.05, 0) is 29.8 Å². The third-order valence-electron chi connectivity index (χ3n) is 3.33. The van der Waals surface area contributed by atoms with E-state index in [-0.39, 0.29) is 6.42 Å². The highest BCUT2D eigenvalue weighted by Gasteiger charge is 2.11. The molecule has 1 unspecified atom stereocenters. The average Bonchev–Trinajstić information content (AvgIpc) is 2.81. The van der Waals surface area contributed by atoms with Crippen molar-refractivity contribution in [1.82, 2.24) is 9.55 Å². The van der Waals surface area contributed by atoms with E-state index in [0.717, 1.165) is 17.1 Å². The average molecular weight is 288 g/mol. The summed E-state index contributed by atoms with van der Waals surface area (Å²) in [4.78, 5) is 4.24. The summed E-state index contributed by atoms with van der Waals surface area (Å²) >= 11 is 0. The van der Waals surface area contributed by atoms with Crippen LogP contribution in [0.2, 0.25) is 0 Å². The van der Waals surface area contributed by atoms with Crippen LogP contribution in [-0.4, -0.2) is 20.8 Å². The number of para-hydroxylation sites is 2. The molecule has 0 saturated heterocycles. The normalized spacial score (nSPS) is 12.7. The van der Waals surface area contributed by atoms with E-state index in [9.17, 15) is 13.9 Å². The lowest BCUT2D eigenvalue weighted by Gasteiger charge is -2.12. The van der Waals surface area contributed by atoms with Gasteiger partial charge in [-0.15, -0.1) is 0 Å². The van der Waals surface area contributed by atoms with E-state index in [1.165, 1.54) is 12.1 Å². The second-order valence-electron chi connectivity index (χ2n) is 5.02. The van der Waals surface area contributed by atoms with E-state index < -0.39 is 17.7 Å². The molecule has 0 aliphatic heterocycles. The number of imidazole rings is 1. The summed E-state index contributed by atoms with van der Waals surface area (Å²) in [7, 11) is 0. The molecule has 2 aromatic carbocycles. The van der Waals surface area contributed by atoms with Gasteiger partial charge in [0.25, 0.3) is 0 Å². The molecule has 1 N–H and O–H groups in total. The number of fused-ring (bicyclic) bond motifs is 1. The highest BCUT2D eigenvalue weighted by Crippen LogP contribution is 2.15. The predicted octanol–water partition coefficient (Wildman–Crippen LogP) is 2.92. The minimum absolute atomic E-state index is 0.182. The molecule has 0 aliphatic carbocycles. The van der Waals surface area contributed by atoms with Crippen LogP contribution in [0.5, 0.6) is 0 Å². The molecular weight excluding hydrogens is 274 g/mol. The third-order valence-corrected chi connectivity index (χ3v) is 3.33. The molecule has 1 aromatic heterocycles. The van der Waals surface area contributed by atoms with Crippen LogP contribution < -0.4 is 0 Å².